The molecule has 1 aliphatic carbocycles. The minimum Gasteiger partial charge on any atom is -0.376 e. The molecule has 0 spiro atoms. The number of thioether (sulfide) groups is 1. The van der Waals surface area contributed by atoms with E-state index in [2.05, 4.69) is 5.32 Å². The van der Waals surface area contributed by atoms with E-state index in [-0.39, 0.29) is 11.3 Å². The van der Waals surface area contributed by atoms with Crippen LogP contribution in [-0.2, 0) is 0 Å². The molecular formula is C12H12F5NS. The highest BCUT2D eigenvalue weighted by atomic mass is 32.2. The lowest BCUT2D eigenvalue weighted by atomic mass is 10.2. The van der Waals surface area contributed by atoms with Crippen LogP contribution in [0.3, 0.4) is 0 Å². The zero-order valence-electron chi connectivity index (χ0n) is 10.1. The summed E-state index contributed by atoms with van der Waals surface area (Å²) in [6.45, 7) is 0. The minimum atomic E-state index is -2.13. The average Bonchev–Trinajstić information content (AvgIpc) is 2.86. The Labute approximate surface area is 111 Å². The van der Waals surface area contributed by atoms with Crippen LogP contribution in [0, 0.1) is 29.1 Å². The van der Waals surface area contributed by atoms with Gasteiger partial charge in [0, 0.05) is 11.3 Å². The van der Waals surface area contributed by atoms with Crippen molar-refractivity contribution in [3.63, 3.8) is 0 Å². The summed E-state index contributed by atoms with van der Waals surface area (Å²) in [5.74, 6) is -9.57. The van der Waals surface area contributed by atoms with Gasteiger partial charge in [0.1, 0.15) is 5.69 Å². The number of hydrogen-bond acceptors (Lipinski definition) is 2. The third kappa shape index (κ3) is 2.52. The number of halogens is 5. The predicted octanol–water partition coefficient (Wildman–Crippen LogP) is 4.08. The molecule has 2 unspecified atom stereocenters. The lowest BCUT2D eigenvalue weighted by Crippen LogP contribution is -2.27. The summed E-state index contributed by atoms with van der Waals surface area (Å²) < 4.78 is 66.0. The van der Waals surface area contributed by atoms with E-state index in [1.165, 1.54) is 11.8 Å². The van der Waals surface area contributed by atoms with Crippen molar-refractivity contribution in [1.29, 1.82) is 0 Å². The molecule has 1 aromatic rings. The molecule has 7 heteroatoms. The van der Waals surface area contributed by atoms with Crippen LogP contribution >= 0.6 is 11.8 Å². The fourth-order valence-corrected chi connectivity index (χ4v) is 3.23. The van der Waals surface area contributed by atoms with Crippen LogP contribution in [0.1, 0.15) is 19.3 Å². The molecule has 0 saturated heterocycles. The Bertz CT molecular complexity index is 464. The number of nitrogens with one attached hydrogen (secondary N) is 1. The largest absolute Gasteiger partial charge is 0.376 e. The van der Waals surface area contributed by atoms with Gasteiger partial charge in [-0.2, -0.15) is 11.8 Å². The Morgan fingerprint density at radius 2 is 1.42 bits per heavy atom. The molecule has 1 N–H and O–H groups in total. The summed E-state index contributed by atoms with van der Waals surface area (Å²) in [6.07, 6.45) is 4.21. The summed E-state index contributed by atoms with van der Waals surface area (Å²) in [6, 6.07) is -0.289. The van der Waals surface area contributed by atoms with Gasteiger partial charge in [0.25, 0.3) is 0 Å². The molecule has 1 aliphatic rings. The molecule has 1 fully saturated rings. The standard InChI is InChI=1S/C12H12F5NS/c1-19-6-4-2-3-5(6)18-12-10(16)8(14)7(13)9(15)11(12)17/h5-6,18H,2-4H2,1H3. The highest BCUT2D eigenvalue weighted by molar-refractivity contribution is 7.99. The molecule has 1 nitrogen and oxygen atoms in total. The van der Waals surface area contributed by atoms with Gasteiger partial charge in [-0.1, -0.05) is 6.42 Å². The normalized spacial score (nSPS) is 22.8. The second-order valence-corrected chi connectivity index (χ2v) is 5.48. The van der Waals surface area contributed by atoms with E-state index in [9.17, 15) is 22.0 Å². The molecule has 0 radical (unpaired) electrons. The van der Waals surface area contributed by atoms with Gasteiger partial charge in [0.2, 0.25) is 5.82 Å². The Morgan fingerprint density at radius 3 is 1.95 bits per heavy atom. The second kappa shape index (κ2) is 5.56. The third-order valence-electron chi connectivity index (χ3n) is 3.29. The van der Waals surface area contributed by atoms with Gasteiger partial charge in [0.15, 0.2) is 23.3 Å². The van der Waals surface area contributed by atoms with Crippen molar-refractivity contribution in [2.45, 2.75) is 30.6 Å². The molecule has 1 saturated carbocycles. The van der Waals surface area contributed by atoms with Crippen LogP contribution in [-0.4, -0.2) is 17.5 Å². The zero-order chi connectivity index (χ0) is 14.2. The fraction of sp³-hybridized carbons (Fsp3) is 0.500. The molecule has 106 valence electrons. The highest BCUT2D eigenvalue weighted by Crippen LogP contribution is 2.34. The van der Waals surface area contributed by atoms with E-state index in [1.54, 1.807) is 0 Å². The summed E-state index contributed by atoms with van der Waals surface area (Å²) in [5.41, 5.74) is -0.928. The maximum atomic E-state index is 13.5. The summed E-state index contributed by atoms with van der Waals surface area (Å²) >= 11 is 1.51. The Balaban J connectivity index is 2.35. The molecule has 19 heavy (non-hydrogen) atoms. The smallest absolute Gasteiger partial charge is 0.200 e. The summed E-state index contributed by atoms with van der Waals surface area (Å²) in [4.78, 5) is 0. The molecule has 0 aliphatic heterocycles. The SMILES string of the molecule is CSC1CCCC1Nc1c(F)c(F)c(F)c(F)c1F. The predicted molar refractivity (Wildman–Crippen MR) is 64.8 cm³/mol. The molecule has 1 aromatic carbocycles. The van der Waals surface area contributed by atoms with Crippen LogP contribution in [0.5, 0.6) is 0 Å². The molecule has 0 heterocycles. The first-order chi connectivity index (χ1) is 8.97. The van der Waals surface area contributed by atoms with Gasteiger partial charge in [-0.3, -0.25) is 0 Å². The van der Waals surface area contributed by atoms with Crippen LogP contribution in [0.25, 0.3) is 0 Å². The van der Waals surface area contributed by atoms with Crippen LogP contribution in [0.2, 0.25) is 0 Å². The van der Waals surface area contributed by atoms with E-state index in [0.29, 0.717) is 6.42 Å². The number of hydrogen-bond donors (Lipinski definition) is 1. The van der Waals surface area contributed by atoms with Gasteiger partial charge in [-0.25, -0.2) is 22.0 Å². The molecule has 0 amide bonds. The number of rotatable bonds is 3. The van der Waals surface area contributed by atoms with Gasteiger partial charge in [-0.15, -0.1) is 0 Å². The van der Waals surface area contributed by atoms with E-state index in [0.717, 1.165) is 12.8 Å². The van der Waals surface area contributed by atoms with Crippen LogP contribution in [0.4, 0.5) is 27.6 Å². The topological polar surface area (TPSA) is 12.0 Å². The van der Waals surface area contributed by atoms with E-state index >= 15 is 0 Å². The van der Waals surface area contributed by atoms with E-state index in [1.807, 2.05) is 6.26 Å². The van der Waals surface area contributed by atoms with Crippen LogP contribution < -0.4 is 5.32 Å². The van der Waals surface area contributed by atoms with Crippen molar-refractivity contribution in [2.24, 2.45) is 0 Å². The van der Waals surface area contributed by atoms with E-state index in [4.69, 9.17) is 0 Å². The first-order valence-corrected chi connectivity index (χ1v) is 7.07. The maximum Gasteiger partial charge on any atom is 0.200 e. The molecule has 0 aromatic heterocycles. The third-order valence-corrected chi connectivity index (χ3v) is 4.46. The van der Waals surface area contributed by atoms with Crippen molar-refractivity contribution in [3.8, 4) is 0 Å². The molecular weight excluding hydrogens is 285 g/mol. The molecule has 2 rings (SSSR count). The fourth-order valence-electron chi connectivity index (χ4n) is 2.29. The van der Waals surface area contributed by atoms with Crippen LogP contribution in [0.15, 0.2) is 0 Å². The monoisotopic (exact) mass is 297 g/mol. The Morgan fingerprint density at radius 1 is 0.895 bits per heavy atom. The first kappa shape index (κ1) is 14.4. The quantitative estimate of drug-likeness (QED) is 0.512. The Hall–Kier alpha value is -0.980. The molecule has 0 bridgehead atoms. The average molecular weight is 297 g/mol. The van der Waals surface area contributed by atoms with E-state index < -0.39 is 34.8 Å². The Kier molecular flexibility index (Phi) is 4.23. The number of benzene rings is 1. The number of anilines is 1. The van der Waals surface area contributed by atoms with Crippen molar-refractivity contribution in [2.75, 3.05) is 11.6 Å². The van der Waals surface area contributed by atoms with Crippen molar-refractivity contribution in [1.82, 2.24) is 0 Å². The van der Waals surface area contributed by atoms with Gasteiger partial charge >= 0.3 is 0 Å². The van der Waals surface area contributed by atoms with Gasteiger partial charge in [-0.05, 0) is 19.1 Å². The van der Waals surface area contributed by atoms with Crippen molar-refractivity contribution >= 4 is 17.4 Å². The lowest BCUT2D eigenvalue weighted by molar-refractivity contribution is 0.380. The lowest BCUT2D eigenvalue weighted by Gasteiger charge is -2.21. The maximum absolute atomic E-state index is 13.5. The first-order valence-electron chi connectivity index (χ1n) is 5.78. The zero-order valence-corrected chi connectivity index (χ0v) is 10.9. The second-order valence-electron chi connectivity index (χ2n) is 4.40. The van der Waals surface area contributed by atoms with Gasteiger partial charge in [0.05, 0.1) is 0 Å². The highest BCUT2D eigenvalue weighted by Gasteiger charge is 2.31. The summed E-state index contributed by atoms with van der Waals surface area (Å²) in [5, 5.41) is 2.58. The van der Waals surface area contributed by atoms with Gasteiger partial charge < -0.3 is 5.32 Å². The van der Waals surface area contributed by atoms with Crippen molar-refractivity contribution in [3.05, 3.63) is 29.1 Å². The minimum absolute atomic E-state index is 0.106. The summed E-state index contributed by atoms with van der Waals surface area (Å²) in [7, 11) is 0. The van der Waals surface area contributed by atoms with Crippen molar-refractivity contribution < 1.29 is 22.0 Å². The molecule has 2 atom stereocenters.